The Kier molecular flexibility index (Phi) is 15.6. The number of carbonyl (C=O) groups is 1. The summed E-state index contributed by atoms with van der Waals surface area (Å²) >= 11 is 0. The molecular weight excluding hydrogens is 488 g/mol. The summed E-state index contributed by atoms with van der Waals surface area (Å²) in [6.07, 6.45) is -25.3. The van der Waals surface area contributed by atoms with E-state index in [1.54, 1.807) is 0 Å². The van der Waals surface area contributed by atoms with Gasteiger partial charge in [0.15, 0.2) is 6.29 Å². The molecule has 0 amide bonds. The van der Waals surface area contributed by atoms with Crippen LogP contribution in [0.5, 0.6) is 0 Å². The van der Waals surface area contributed by atoms with Gasteiger partial charge in [-0.05, 0) is 0 Å². The first-order valence-corrected chi connectivity index (χ1v) is 10.3. The second kappa shape index (κ2) is 16.0. The maximum atomic E-state index is 9.98. The molecule has 0 bridgehead atoms. The molecule has 1 rings (SSSR count). The molecular formula is C18H36O17. The van der Waals surface area contributed by atoms with E-state index in [2.05, 4.69) is 0 Å². The molecule has 210 valence electrons. The van der Waals surface area contributed by atoms with Crippen molar-refractivity contribution >= 4 is 6.29 Å². The zero-order valence-electron chi connectivity index (χ0n) is 18.3. The Morgan fingerprint density at radius 2 is 1.09 bits per heavy atom. The summed E-state index contributed by atoms with van der Waals surface area (Å²) in [5.74, 6) is 0. The molecule has 1 heterocycles. The monoisotopic (exact) mass is 524 g/mol. The topological polar surface area (TPSA) is 330 Å². The van der Waals surface area contributed by atoms with Crippen LogP contribution in [0.1, 0.15) is 0 Å². The highest BCUT2D eigenvalue weighted by Gasteiger charge is 2.49. The molecule has 0 aromatic carbocycles. The fourth-order valence-corrected chi connectivity index (χ4v) is 2.96. The van der Waals surface area contributed by atoms with Crippen LogP contribution in [-0.4, -0.2) is 188 Å². The molecule has 0 aromatic heterocycles. The molecule has 1 fully saturated rings. The smallest absolute Gasteiger partial charge is 0.151 e. The summed E-state index contributed by atoms with van der Waals surface area (Å²) in [5.41, 5.74) is 0. The average molecular weight is 524 g/mol. The molecule has 1 saturated heterocycles. The molecule has 0 aromatic rings. The number of hydrogen-bond acceptors (Lipinski definition) is 17. The molecule has 14 atom stereocenters. The molecule has 10 unspecified atom stereocenters. The van der Waals surface area contributed by atoms with E-state index in [0.29, 0.717) is 0 Å². The normalized spacial score (nSPS) is 32.6. The van der Waals surface area contributed by atoms with E-state index in [0.717, 1.165) is 0 Å². The molecule has 15 N–H and O–H groups in total. The van der Waals surface area contributed by atoms with Crippen LogP contribution < -0.4 is 0 Å². The fraction of sp³-hybridized carbons (Fsp3) is 0.944. The largest absolute Gasteiger partial charge is 0.394 e. The number of hydrogen-bond donors (Lipinski definition) is 15. The third kappa shape index (κ3) is 9.13. The SMILES string of the molecule is O=CC(O)C(O)C(O)C(O)CO.OCC(O)C(O)C(O)C(O)C(O)C1O[C@H](CO)[C@@H](O)[C@H](O)[C@H]1O. The van der Waals surface area contributed by atoms with E-state index >= 15 is 0 Å². The maximum absolute atomic E-state index is 9.98. The molecule has 17 heteroatoms. The number of carbonyl (C=O) groups excluding carboxylic acids is 1. The van der Waals surface area contributed by atoms with Crippen molar-refractivity contribution < 1.29 is 86.1 Å². The molecule has 1 aliphatic heterocycles. The molecule has 17 nitrogen and oxygen atoms in total. The van der Waals surface area contributed by atoms with Gasteiger partial charge in [-0.15, -0.1) is 0 Å². The van der Waals surface area contributed by atoms with Crippen LogP contribution in [0.4, 0.5) is 0 Å². The highest BCUT2D eigenvalue weighted by Crippen LogP contribution is 2.25. The van der Waals surface area contributed by atoms with Gasteiger partial charge >= 0.3 is 0 Å². The van der Waals surface area contributed by atoms with Gasteiger partial charge in [0.05, 0.1) is 19.8 Å². The van der Waals surface area contributed by atoms with Crippen molar-refractivity contribution in [3.05, 3.63) is 0 Å². The Morgan fingerprint density at radius 3 is 1.49 bits per heavy atom. The first-order chi connectivity index (χ1) is 16.2. The Morgan fingerprint density at radius 1 is 0.629 bits per heavy atom. The van der Waals surface area contributed by atoms with Crippen molar-refractivity contribution in [3.63, 3.8) is 0 Å². The summed E-state index contributed by atoms with van der Waals surface area (Å²) in [6.45, 7) is -2.43. The molecule has 0 saturated carbocycles. The molecule has 0 aliphatic carbocycles. The lowest BCUT2D eigenvalue weighted by atomic mass is 9.88. The van der Waals surface area contributed by atoms with Gasteiger partial charge in [-0.1, -0.05) is 0 Å². The van der Waals surface area contributed by atoms with Crippen molar-refractivity contribution in [1.29, 1.82) is 0 Å². The van der Waals surface area contributed by atoms with Gasteiger partial charge in [-0.2, -0.15) is 0 Å². The van der Waals surface area contributed by atoms with E-state index in [1.165, 1.54) is 0 Å². The highest BCUT2D eigenvalue weighted by atomic mass is 16.6. The molecule has 35 heavy (non-hydrogen) atoms. The van der Waals surface area contributed by atoms with Crippen LogP contribution in [-0.2, 0) is 9.53 Å². The van der Waals surface area contributed by atoms with E-state index in [-0.39, 0.29) is 6.29 Å². The summed E-state index contributed by atoms with van der Waals surface area (Å²) in [5, 5.41) is 138. The van der Waals surface area contributed by atoms with E-state index in [1.807, 2.05) is 0 Å². The summed E-state index contributed by atoms with van der Waals surface area (Å²) in [6, 6.07) is 0. The first kappa shape index (κ1) is 34.0. The Hall–Kier alpha value is -0.970. The summed E-state index contributed by atoms with van der Waals surface area (Å²) < 4.78 is 5.01. The quantitative estimate of drug-likeness (QED) is 0.105. The number of aldehydes is 1. The minimum atomic E-state index is -2.13. The number of ether oxygens (including phenoxy) is 1. The van der Waals surface area contributed by atoms with Gasteiger partial charge in [-0.25, -0.2) is 0 Å². The van der Waals surface area contributed by atoms with E-state index in [9.17, 15) is 45.6 Å². The third-order valence-corrected chi connectivity index (χ3v) is 5.32. The standard InChI is InChI=1S/C12H24O11.C6H12O6/c13-1-3(15)5(16)7(18)9(20)11(22)12-10(21)8(19)6(17)4(2-14)23-12;7-1-3(9)5(11)6(12)4(10)2-8/h3-22H,1-2H2;1,3-6,8-12H,2H2/t3?,4-,5?,6-,7?,8+,9?,10-,11?,12?;/m1./s1. The zero-order valence-corrected chi connectivity index (χ0v) is 18.3. The van der Waals surface area contributed by atoms with Gasteiger partial charge < -0.3 is 86.1 Å². The molecule has 0 spiro atoms. The highest BCUT2D eigenvalue weighted by molar-refractivity contribution is 5.56. The summed E-state index contributed by atoms with van der Waals surface area (Å²) in [7, 11) is 0. The predicted molar refractivity (Wildman–Crippen MR) is 108 cm³/mol. The second-order valence-corrected chi connectivity index (χ2v) is 7.86. The van der Waals surface area contributed by atoms with Crippen LogP contribution in [0.3, 0.4) is 0 Å². The number of rotatable bonds is 12. The van der Waals surface area contributed by atoms with Crippen LogP contribution in [0.2, 0.25) is 0 Å². The first-order valence-electron chi connectivity index (χ1n) is 10.3. The van der Waals surface area contributed by atoms with E-state index in [4.69, 9.17) is 40.5 Å². The average Bonchev–Trinajstić information content (AvgIpc) is 2.88. The van der Waals surface area contributed by atoms with Crippen molar-refractivity contribution in [2.45, 2.75) is 85.5 Å². The van der Waals surface area contributed by atoms with Crippen LogP contribution in [0.25, 0.3) is 0 Å². The lowest BCUT2D eigenvalue weighted by Gasteiger charge is -2.43. The van der Waals surface area contributed by atoms with Gasteiger partial charge in [0, 0.05) is 0 Å². The minimum Gasteiger partial charge on any atom is -0.394 e. The molecule has 1 aliphatic rings. The van der Waals surface area contributed by atoms with Crippen LogP contribution >= 0.6 is 0 Å². The Labute approximate surface area is 198 Å². The number of aliphatic hydroxyl groups excluding tert-OH is 15. The lowest BCUT2D eigenvalue weighted by Crippen LogP contribution is -2.64. The van der Waals surface area contributed by atoms with Gasteiger partial charge in [0.1, 0.15) is 85.5 Å². The summed E-state index contributed by atoms with van der Waals surface area (Å²) in [4.78, 5) is 9.90. The zero-order chi connectivity index (χ0) is 27.6. The minimum absolute atomic E-state index is 0.0258. The maximum Gasteiger partial charge on any atom is 0.151 e. The Balaban J connectivity index is 0.000000814. The fourth-order valence-electron chi connectivity index (χ4n) is 2.96. The van der Waals surface area contributed by atoms with Gasteiger partial charge in [0.25, 0.3) is 0 Å². The van der Waals surface area contributed by atoms with Gasteiger partial charge in [-0.3, -0.25) is 0 Å². The second-order valence-electron chi connectivity index (χ2n) is 7.86. The van der Waals surface area contributed by atoms with Gasteiger partial charge in [0.2, 0.25) is 0 Å². The van der Waals surface area contributed by atoms with Crippen LogP contribution in [0.15, 0.2) is 0 Å². The van der Waals surface area contributed by atoms with Crippen LogP contribution in [0, 0.1) is 0 Å². The Bertz CT molecular complexity index is 581. The van der Waals surface area contributed by atoms with Crippen molar-refractivity contribution in [2.75, 3.05) is 19.8 Å². The van der Waals surface area contributed by atoms with Crippen molar-refractivity contribution in [3.8, 4) is 0 Å². The lowest BCUT2D eigenvalue weighted by molar-refractivity contribution is -0.264. The van der Waals surface area contributed by atoms with E-state index < -0.39 is 105 Å². The third-order valence-electron chi connectivity index (χ3n) is 5.32. The molecule has 0 radical (unpaired) electrons. The predicted octanol–water partition coefficient (Wildman–Crippen LogP) is -9.75. The van der Waals surface area contributed by atoms with Crippen molar-refractivity contribution in [1.82, 2.24) is 0 Å². The number of aliphatic hydroxyl groups is 15. The van der Waals surface area contributed by atoms with Crippen molar-refractivity contribution in [2.24, 2.45) is 0 Å².